The Morgan fingerprint density at radius 1 is 0.917 bits per heavy atom. The summed E-state index contributed by atoms with van der Waals surface area (Å²) in [4.78, 5) is 3.97. The minimum absolute atomic E-state index is 0.201. The predicted molar refractivity (Wildman–Crippen MR) is 152 cm³/mol. The molecule has 1 aliphatic heterocycles. The Hall–Kier alpha value is -2.82. The fraction of sp³-hybridized carbons (Fsp3) is 0.438. The fourth-order valence-corrected chi connectivity index (χ4v) is 7.65. The number of aromatic amines is 1. The molecule has 4 aromatic rings. The number of aromatic nitrogens is 2. The molecule has 0 saturated carbocycles. The van der Waals surface area contributed by atoms with Crippen molar-refractivity contribution in [3.63, 3.8) is 0 Å². The van der Waals surface area contributed by atoms with Crippen molar-refractivity contribution in [2.75, 3.05) is 27.2 Å². The minimum Gasteiger partial charge on any atom is -0.356 e. The number of hydrogen-bond donors (Lipinski definition) is 3. The molecule has 6 rings (SSSR count). The second kappa shape index (κ2) is 8.93. The molecule has 3 atom stereocenters. The topological polar surface area (TPSA) is 44.8 Å². The van der Waals surface area contributed by atoms with E-state index in [1.165, 1.54) is 44.2 Å². The second-order valence-corrected chi connectivity index (χ2v) is 11.7. The van der Waals surface area contributed by atoms with E-state index in [1.807, 2.05) is 0 Å². The average Bonchev–Trinajstić information content (AvgIpc) is 3.49. The molecule has 36 heavy (non-hydrogen) atoms. The molecule has 3 heterocycles. The third-order valence-corrected chi connectivity index (χ3v) is 8.87. The van der Waals surface area contributed by atoms with Gasteiger partial charge in [0.05, 0.1) is 6.04 Å². The first-order valence-electron chi connectivity index (χ1n) is 13.6. The van der Waals surface area contributed by atoms with E-state index in [1.54, 1.807) is 5.69 Å². The van der Waals surface area contributed by atoms with Crippen LogP contribution in [0, 0.1) is 11.3 Å². The van der Waals surface area contributed by atoms with Crippen LogP contribution >= 0.6 is 0 Å². The summed E-state index contributed by atoms with van der Waals surface area (Å²) in [6.07, 6.45) is 5.85. The molecule has 0 amide bonds. The van der Waals surface area contributed by atoms with Crippen LogP contribution in [0.15, 0.2) is 60.2 Å². The van der Waals surface area contributed by atoms with E-state index < -0.39 is 0 Å². The fourth-order valence-electron chi connectivity index (χ4n) is 7.65. The van der Waals surface area contributed by atoms with Crippen LogP contribution in [0.2, 0.25) is 0 Å². The third-order valence-electron chi connectivity index (χ3n) is 8.87. The van der Waals surface area contributed by atoms with Crippen molar-refractivity contribution < 1.29 is 0 Å². The summed E-state index contributed by atoms with van der Waals surface area (Å²) < 4.78 is 2.75. The molecule has 1 aliphatic carbocycles. The van der Waals surface area contributed by atoms with E-state index in [-0.39, 0.29) is 11.5 Å². The van der Waals surface area contributed by atoms with Gasteiger partial charge in [0.1, 0.15) is 0 Å². The van der Waals surface area contributed by atoms with Crippen LogP contribution in [0.3, 0.4) is 0 Å². The molecule has 2 aliphatic rings. The van der Waals surface area contributed by atoms with Gasteiger partial charge in [-0.3, -0.25) is 0 Å². The van der Waals surface area contributed by atoms with Gasteiger partial charge in [-0.15, -0.1) is 0 Å². The summed E-state index contributed by atoms with van der Waals surface area (Å²) in [7, 11) is 4.12. The van der Waals surface area contributed by atoms with E-state index in [9.17, 15) is 0 Å². The summed E-state index contributed by atoms with van der Waals surface area (Å²) in [5.74, 6) is 0.942. The highest BCUT2D eigenvalue weighted by molar-refractivity contribution is 5.88. The largest absolute Gasteiger partial charge is 0.356 e. The van der Waals surface area contributed by atoms with Crippen molar-refractivity contribution in [2.24, 2.45) is 11.3 Å². The molecule has 2 aromatic heterocycles. The number of allylic oxidation sites excluding steroid dienone is 2. The highest BCUT2D eigenvalue weighted by Crippen LogP contribution is 2.61. The lowest BCUT2D eigenvalue weighted by Gasteiger charge is -2.42. The molecule has 0 fully saturated rings. The molecule has 4 nitrogen and oxygen atoms in total. The van der Waals surface area contributed by atoms with Crippen molar-refractivity contribution >= 4 is 21.8 Å². The highest BCUT2D eigenvalue weighted by atomic mass is 15.1. The van der Waals surface area contributed by atoms with Gasteiger partial charge in [-0.1, -0.05) is 61.9 Å². The first kappa shape index (κ1) is 23.6. The van der Waals surface area contributed by atoms with Crippen LogP contribution in [-0.4, -0.2) is 36.7 Å². The monoisotopic (exact) mass is 480 g/mol. The number of nitrogens with zero attached hydrogens (tertiary/aromatic N) is 1. The zero-order valence-corrected chi connectivity index (χ0v) is 22.4. The lowest BCUT2D eigenvalue weighted by Crippen LogP contribution is -2.35. The Bertz CT molecular complexity index is 1450. The smallest absolute Gasteiger partial charge is 0.0783 e. The van der Waals surface area contributed by atoms with Crippen molar-refractivity contribution in [1.82, 2.24) is 20.2 Å². The van der Waals surface area contributed by atoms with Crippen LogP contribution in [0.25, 0.3) is 21.8 Å². The van der Waals surface area contributed by atoms with Crippen molar-refractivity contribution in [1.29, 1.82) is 0 Å². The number of benzene rings is 2. The minimum atomic E-state index is 0.201. The summed E-state index contributed by atoms with van der Waals surface area (Å²) in [5.41, 5.74) is 10.4. The number of para-hydroxylation sites is 2. The molecule has 2 aromatic carbocycles. The standard InChI is InChI=1S/C32H40N4/c1-20-18-25-28(32(2,3)19-20)31(29-23(14-16-33-4)21-10-6-8-12-26(21)35-29)36-27-13-9-7-11-22(27)24(30(25)36)15-17-34-5/h6-13,18,25,28,31,33-35H,14-17,19H2,1-5H3/t25-,28+,31?/m1/s1. The van der Waals surface area contributed by atoms with Crippen molar-refractivity contribution in [2.45, 2.75) is 52.0 Å². The summed E-state index contributed by atoms with van der Waals surface area (Å²) in [6, 6.07) is 18.3. The van der Waals surface area contributed by atoms with E-state index >= 15 is 0 Å². The second-order valence-electron chi connectivity index (χ2n) is 11.7. The van der Waals surface area contributed by atoms with Gasteiger partial charge in [-0.25, -0.2) is 0 Å². The van der Waals surface area contributed by atoms with Gasteiger partial charge in [-0.2, -0.15) is 0 Å². The Labute approximate surface area is 215 Å². The highest BCUT2D eigenvalue weighted by Gasteiger charge is 2.52. The number of likely N-dealkylation sites (N-methyl/N-ethyl adjacent to an activating group) is 2. The molecule has 3 N–H and O–H groups in total. The average molecular weight is 481 g/mol. The quantitative estimate of drug-likeness (QED) is 0.271. The number of nitrogens with one attached hydrogen (secondary N) is 3. The van der Waals surface area contributed by atoms with Crippen LogP contribution in [0.4, 0.5) is 0 Å². The van der Waals surface area contributed by atoms with Crippen LogP contribution in [0.5, 0.6) is 0 Å². The first-order valence-corrected chi connectivity index (χ1v) is 13.6. The molecule has 188 valence electrons. The summed E-state index contributed by atoms with van der Waals surface area (Å²) in [5, 5.41) is 9.62. The van der Waals surface area contributed by atoms with Gasteiger partial charge in [0, 0.05) is 45.0 Å². The van der Waals surface area contributed by atoms with Gasteiger partial charge in [0.2, 0.25) is 0 Å². The van der Waals surface area contributed by atoms with E-state index in [0.29, 0.717) is 11.8 Å². The Kier molecular flexibility index (Phi) is 5.85. The summed E-state index contributed by atoms with van der Waals surface area (Å²) >= 11 is 0. The Balaban J connectivity index is 1.67. The third kappa shape index (κ3) is 3.49. The van der Waals surface area contributed by atoms with Gasteiger partial charge < -0.3 is 20.2 Å². The van der Waals surface area contributed by atoms with Gasteiger partial charge in [0.25, 0.3) is 0 Å². The maximum absolute atomic E-state index is 3.97. The zero-order valence-electron chi connectivity index (χ0n) is 22.4. The normalized spacial score (nSPS) is 22.7. The van der Waals surface area contributed by atoms with E-state index in [0.717, 1.165) is 32.4 Å². The number of fused-ring (bicyclic) bond motifs is 6. The predicted octanol–water partition coefficient (Wildman–Crippen LogP) is 6.33. The first-order chi connectivity index (χ1) is 17.5. The Morgan fingerprint density at radius 2 is 1.58 bits per heavy atom. The van der Waals surface area contributed by atoms with Gasteiger partial charge >= 0.3 is 0 Å². The number of hydrogen-bond acceptors (Lipinski definition) is 2. The zero-order chi connectivity index (χ0) is 25.0. The molecule has 0 spiro atoms. The van der Waals surface area contributed by atoms with Gasteiger partial charge in [-0.05, 0) is 82.0 Å². The maximum atomic E-state index is 3.97. The van der Waals surface area contributed by atoms with Crippen molar-refractivity contribution in [3.05, 3.63) is 82.7 Å². The number of rotatable bonds is 7. The van der Waals surface area contributed by atoms with Crippen LogP contribution < -0.4 is 10.6 Å². The molecule has 4 heteroatoms. The molecule has 0 bridgehead atoms. The Morgan fingerprint density at radius 3 is 2.33 bits per heavy atom. The summed E-state index contributed by atoms with van der Waals surface area (Å²) in [6.45, 7) is 9.32. The maximum Gasteiger partial charge on any atom is 0.0783 e. The lowest BCUT2D eigenvalue weighted by molar-refractivity contribution is 0.158. The van der Waals surface area contributed by atoms with Crippen LogP contribution in [0.1, 0.15) is 61.7 Å². The van der Waals surface area contributed by atoms with Crippen molar-refractivity contribution in [3.8, 4) is 0 Å². The lowest BCUT2D eigenvalue weighted by atomic mass is 9.62. The van der Waals surface area contributed by atoms with Gasteiger partial charge in [0.15, 0.2) is 0 Å². The van der Waals surface area contributed by atoms with E-state index in [4.69, 9.17) is 0 Å². The molecular formula is C32H40N4. The SMILES string of the molecule is CNCCc1c(C2[C@@H]3[C@@H](C=C(C)CC3(C)C)c3c(CCNC)c4ccccc4n32)[nH]c2ccccc12. The van der Waals surface area contributed by atoms with E-state index in [2.05, 4.69) is 110 Å². The molecular weight excluding hydrogens is 440 g/mol. The molecule has 0 saturated heterocycles. The molecule has 1 unspecified atom stereocenters. The van der Waals surface area contributed by atoms with Crippen LogP contribution in [-0.2, 0) is 12.8 Å². The molecule has 0 radical (unpaired) electrons. The number of H-pyrrole nitrogens is 1.